The van der Waals surface area contributed by atoms with E-state index in [1.54, 1.807) is 11.8 Å². The van der Waals surface area contributed by atoms with Crippen LogP contribution in [0.4, 0.5) is 0 Å². The number of allylic oxidation sites excluding steroid dienone is 1. The van der Waals surface area contributed by atoms with Crippen LogP contribution >= 0.6 is 0 Å². The molecule has 1 aliphatic heterocycles. The van der Waals surface area contributed by atoms with Gasteiger partial charge >= 0.3 is 5.97 Å². The van der Waals surface area contributed by atoms with Gasteiger partial charge in [0.15, 0.2) is 0 Å². The zero-order chi connectivity index (χ0) is 21.6. The molecule has 30 heavy (non-hydrogen) atoms. The van der Waals surface area contributed by atoms with Gasteiger partial charge in [-0.05, 0) is 45.1 Å². The van der Waals surface area contributed by atoms with Crippen molar-refractivity contribution in [2.45, 2.75) is 46.5 Å². The molecule has 1 saturated heterocycles. The van der Waals surface area contributed by atoms with E-state index in [-0.39, 0.29) is 11.9 Å². The maximum absolute atomic E-state index is 13.3. The molecule has 2 aromatic rings. The first-order valence-electron chi connectivity index (χ1n) is 10.6. The average molecular weight is 411 g/mol. The van der Waals surface area contributed by atoms with Crippen LogP contribution in [0.5, 0.6) is 0 Å². The lowest BCUT2D eigenvalue weighted by Gasteiger charge is -2.40. The molecule has 2 heterocycles. The van der Waals surface area contributed by atoms with Crippen LogP contribution in [-0.4, -0.2) is 41.6 Å². The van der Waals surface area contributed by atoms with Crippen LogP contribution < -0.4 is 0 Å². The fourth-order valence-corrected chi connectivity index (χ4v) is 4.08. The summed E-state index contributed by atoms with van der Waals surface area (Å²) in [6.45, 7) is 6.77. The van der Waals surface area contributed by atoms with E-state index in [0.717, 1.165) is 12.0 Å². The third-order valence-corrected chi connectivity index (χ3v) is 5.67. The van der Waals surface area contributed by atoms with Gasteiger partial charge in [-0.3, -0.25) is 9.59 Å². The summed E-state index contributed by atoms with van der Waals surface area (Å²) in [5.74, 6) is 0.164. The predicted molar refractivity (Wildman–Crippen MR) is 115 cm³/mol. The van der Waals surface area contributed by atoms with Gasteiger partial charge in [0, 0.05) is 13.1 Å². The highest BCUT2D eigenvalue weighted by Crippen LogP contribution is 2.37. The van der Waals surface area contributed by atoms with Crippen LogP contribution in [0.1, 0.15) is 60.5 Å². The molecule has 6 nitrogen and oxygen atoms in total. The molecule has 6 heteroatoms. The van der Waals surface area contributed by atoms with Crippen molar-refractivity contribution in [1.82, 2.24) is 10.1 Å². The van der Waals surface area contributed by atoms with Crippen molar-refractivity contribution in [3.8, 4) is 0 Å². The Balaban J connectivity index is 1.83. The monoisotopic (exact) mass is 410 g/mol. The van der Waals surface area contributed by atoms with Crippen LogP contribution in [0.15, 0.2) is 40.9 Å². The lowest BCUT2D eigenvalue weighted by Crippen LogP contribution is -2.50. The molecule has 0 spiro atoms. The molecule has 0 N–H and O–H groups in total. The number of amides is 1. The summed E-state index contributed by atoms with van der Waals surface area (Å²) in [6, 6.07) is 9.97. The summed E-state index contributed by atoms with van der Waals surface area (Å²) in [5.41, 5.74) is 1.52. The van der Waals surface area contributed by atoms with Crippen LogP contribution in [0.3, 0.4) is 0 Å². The summed E-state index contributed by atoms with van der Waals surface area (Å²) in [7, 11) is 0. The molecule has 0 saturated carbocycles. The van der Waals surface area contributed by atoms with E-state index < -0.39 is 5.41 Å². The normalized spacial score (nSPS) is 19.2. The first kappa shape index (κ1) is 21.8. The number of aromatic nitrogens is 1. The Kier molecular flexibility index (Phi) is 7.08. The van der Waals surface area contributed by atoms with Gasteiger partial charge in [-0.1, -0.05) is 54.6 Å². The van der Waals surface area contributed by atoms with E-state index in [2.05, 4.69) is 5.16 Å². The summed E-state index contributed by atoms with van der Waals surface area (Å²) in [5, 5.41) is 4.01. The highest BCUT2D eigenvalue weighted by molar-refractivity contribution is 5.96. The molecule has 0 radical (unpaired) electrons. The van der Waals surface area contributed by atoms with E-state index in [1.807, 2.05) is 56.3 Å². The summed E-state index contributed by atoms with van der Waals surface area (Å²) in [4.78, 5) is 28.0. The largest absolute Gasteiger partial charge is 0.466 e. The smallest absolute Gasteiger partial charge is 0.314 e. The number of ether oxygens (including phenoxy) is 1. The van der Waals surface area contributed by atoms with Gasteiger partial charge < -0.3 is 14.2 Å². The Morgan fingerprint density at radius 1 is 1.27 bits per heavy atom. The first-order chi connectivity index (χ1) is 14.5. The van der Waals surface area contributed by atoms with Crippen LogP contribution in [0.25, 0.3) is 6.08 Å². The molecule has 0 bridgehead atoms. The molecule has 1 aromatic heterocycles. The molecular weight excluding hydrogens is 380 g/mol. The minimum atomic E-state index is -0.743. The maximum Gasteiger partial charge on any atom is 0.314 e. The van der Waals surface area contributed by atoms with Crippen LogP contribution in [0.2, 0.25) is 0 Å². The first-order valence-corrected chi connectivity index (χ1v) is 10.6. The maximum atomic E-state index is 13.3. The fourth-order valence-electron chi connectivity index (χ4n) is 4.08. The number of esters is 1. The number of carbonyl (C=O) groups excluding carboxylic acids is 2. The quantitative estimate of drug-likeness (QED) is 0.631. The van der Waals surface area contributed by atoms with E-state index in [9.17, 15) is 9.59 Å². The molecule has 160 valence electrons. The Morgan fingerprint density at radius 2 is 2.03 bits per heavy atom. The van der Waals surface area contributed by atoms with E-state index in [4.69, 9.17) is 9.26 Å². The van der Waals surface area contributed by atoms with Gasteiger partial charge in [0.25, 0.3) is 5.91 Å². The molecule has 3 rings (SSSR count). The second-order valence-corrected chi connectivity index (χ2v) is 7.76. The standard InChI is InChI=1S/C24H30N2O4/c1-4-20-21(18(3)30-25-20)22(27)26-16-10-15-24(17-26,23(28)29-5-2)14-9-13-19-11-7-6-8-12-19/h6-9,11-13H,4-5,10,14-17H2,1-3H3/b13-9+/t24-/m0/s1. The van der Waals surface area contributed by atoms with Gasteiger partial charge in [0.05, 0.1) is 17.7 Å². The third-order valence-electron chi connectivity index (χ3n) is 5.67. The zero-order valence-electron chi connectivity index (χ0n) is 18.0. The highest BCUT2D eigenvalue weighted by atomic mass is 16.5. The van der Waals surface area contributed by atoms with Gasteiger partial charge in [-0.15, -0.1) is 0 Å². The SMILES string of the molecule is CCOC(=O)[C@@]1(C/C=C/c2ccccc2)CCCN(C(=O)c2c(CC)noc2C)C1. The molecular formula is C24H30N2O4. The van der Waals surface area contributed by atoms with Crippen molar-refractivity contribution < 1.29 is 18.8 Å². The highest BCUT2D eigenvalue weighted by Gasteiger charge is 2.44. The Bertz CT molecular complexity index is 903. The molecule has 1 fully saturated rings. The summed E-state index contributed by atoms with van der Waals surface area (Å²) in [6.07, 6.45) is 6.61. The van der Waals surface area contributed by atoms with Crippen molar-refractivity contribution in [1.29, 1.82) is 0 Å². The van der Waals surface area contributed by atoms with Gasteiger partial charge in [-0.2, -0.15) is 0 Å². The zero-order valence-corrected chi connectivity index (χ0v) is 18.0. The summed E-state index contributed by atoms with van der Waals surface area (Å²) < 4.78 is 10.7. The molecule has 1 aliphatic rings. The van der Waals surface area contributed by atoms with Gasteiger partial charge in [0.2, 0.25) is 0 Å². The second-order valence-electron chi connectivity index (χ2n) is 7.76. The molecule has 0 unspecified atom stereocenters. The predicted octanol–water partition coefficient (Wildman–Crippen LogP) is 4.43. The molecule has 1 amide bonds. The van der Waals surface area contributed by atoms with E-state index >= 15 is 0 Å². The van der Waals surface area contributed by atoms with Crippen molar-refractivity contribution in [2.75, 3.05) is 19.7 Å². The number of hydrogen-bond donors (Lipinski definition) is 0. The molecule has 0 aliphatic carbocycles. The minimum absolute atomic E-state index is 0.119. The Morgan fingerprint density at radius 3 is 2.73 bits per heavy atom. The number of rotatable bonds is 7. The summed E-state index contributed by atoms with van der Waals surface area (Å²) >= 11 is 0. The number of piperidine rings is 1. The molecule has 1 atom stereocenters. The van der Waals surface area contributed by atoms with E-state index in [1.165, 1.54) is 0 Å². The second kappa shape index (κ2) is 9.74. The molecule has 1 aromatic carbocycles. The van der Waals surface area contributed by atoms with Crippen LogP contribution in [0, 0.1) is 12.3 Å². The van der Waals surface area contributed by atoms with Gasteiger partial charge in [-0.25, -0.2) is 0 Å². The Labute approximate surface area is 177 Å². The lowest BCUT2D eigenvalue weighted by molar-refractivity contribution is -0.158. The van der Waals surface area contributed by atoms with Crippen molar-refractivity contribution in [2.24, 2.45) is 5.41 Å². The number of carbonyl (C=O) groups is 2. The van der Waals surface area contributed by atoms with Crippen LogP contribution in [-0.2, 0) is 16.0 Å². The number of likely N-dealkylation sites (tertiary alicyclic amines) is 1. The minimum Gasteiger partial charge on any atom is -0.466 e. The van der Waals surface area contributed by atoms with Crippen molar-refractivity contribution in [3.05, 3.63) is 59.0 Å². The number of nitrogens with zero attached hydrogens (tertiary/aromatic N) is 2. The fraction of sp³-hybridized carbons (Fsp3) is 0.458. The number of hydrogen-bond acceptors (Lipinski definition) is 5. The van der Waals surface area contributed by atoms with Gasteiger partial charge in [0.1, 0.15) is 11.3 Å². The Hall–Kier alpha value is -2.89. The van der Waals surface area contributed by atoms with Crippen molar-refractivity contribution in [3.63, 3.8) is 0 Å². The third kappa shape index (κ3) is 4.64. The number of aryl methyl sites for hydroxylation is 2. The lowest BCUT2D eigenvalue weighted by atomic mass is 9.76. The average Bonchev–Trinajstić information content (AvgIpc) is 3.14. The number of benzene rings is 1. The van der Waals surface area contributed by atoms with E-state index in [0.29, 0.717) is 56.0 Å². The topological polar surface area (TPSA) is 72.6 Å². The van der Waals surface area contributed by atoms with Crippen molar-refractivity contribution >= 4 is 18.0 Å².